The molecule has 0 saturated carbocycles. The van der Waals surface area contributed by atoms with Crippen LogP contribution in [-0.4, -0.2) is 11.5 Å². The molecule has 0 aliphatic heterocycles. The highest BCUT2D eigenvalue weighted by Crippen LogP contribution is 1.83. The molecule has 0 rings (SSSR count). The summed E-state index contributed by atoms with van der Waals surface area (Å²) in [7, 11) is 1.80. The van der Waals surface area contributed by atoms with Crippen molar-refractivity contribution < 1.29 is 0 Å². The molecule has 0 atom stereocenters. The topological polar surface area (TPSA) is 63.1 Å². The minimum Gasteiger partial charge on any atom is -0.303 e. The summed E-state index contributed by atoms with van der Waals surface area (Å²) < 4.78 is 0.812. The zero-order valence-electron chi connectivity index (χ0n) is 3.80. The molecule has 38 valence electrons. The van der Waals surface area contributed by atoms with Crippen molar-refractivity contribution in [1.82, 2.24) is 0 Å². The van der Waals surface area contributed by atoms with E-state index in [1.165, 1.54) is 0 Å². The first kappa shape index (κ1) is 6.86. The van der Waals surface area contributed by atoms with Gasteiger partial charge >= 0.3 is 0 Å². The summed E-state index contributed by atoms with van der Waals surface area (Å²) >= 11 is 2.01. The van der Waals surface area contributed by atoms with Gasteiger partial charge in [-0.1, -0.05) is 5.22 Å². The predicted molar refractivity (Wildman–Crippen MR) is 39.0 cm³/mol. The molecule has 0 radical (unpaired) electrons. The summed E-state index contributed by atoms with van der Waals surface area (Å²) in [6.45, 7) is 0. The molecule has 7 heavy (non-hydrogen) atoms. The van der Waals surface area contributed by atoms with Gasteiger partial charge in [0.1, 0.15) is 0 Å². The van der Waals surface area contributed by atoms with Crippen LogP contribution in [0.2, 0.25) is 0 Å². The van der Waals surface area contributed by atoms with Gasteiger partial charge in [-0.25, -0.2) is 0 Å². The zero-order chi connectivity index (χ0) is 5.70. The van der Waals surface area contributed by atoms with Crippen LogP contribution in [0.1, 0.15) is 0 Å². The maximum atomic E-state index is 4.62. The Hall–Kier alpha value is -0.135. The zero-order valence-corrected chi connectivity index (χ0v) is 5.95. The molecular weight excluding hydrogens is 206 g/mol. The minimum absolute atomic E-state index is 0.812. The Morgan fingerprint density at radius 1 is 1.71 bits per heavy atom. The number of halogens is 1. The van der Waals surface area contributed by atoms with E-state index in [9.17, 15) is 0 Å². The van der Waals surface area contributed by atoms with Gasteiger partial charge in [0.05, 0.1) is 3.62 Å². The first-order chi connectivity index (χ1) is 3.27. The Morgan fingerprint density at radius 3 is 2.43 bits per heavy atom. The third-order valence-electron chi connectivity index (χ3n) is 0.234. The standard InChI is InChI=1S/CH4BIN4/c2-1(3)5-7-6-4/h2H2,(H2,4,7)/b5-1-. The molecule has 0 bridgehead atoms. The Kier molecular flexibility index (Phi) is 3.96. The highest BCUT2D eigenvalue weighted by Gasteiger charge is 1.72. The molecule has 6 heteroatoms. The van der Waals surface area contributed by atoms with Crippen LogP contribution in [0.4, 0.5) is 0 Å². The number of hydrogen-bond acceptors (Lipinski definition) is 2. The molecule has 0 aromatic heterocycles. The van der Waals surface area contributed by atoms with Crippen LogP contribution in [0.25, 0.3) is 0 Å². The Balaban J connectivity index is 3.46. The van der Waals surface area contributed by atoms with Crippen molar-refractivity contribution in [1.29, 1.82) is 0 Å². The smallest absolute Gasteiger partial charge is 0.174 e. The lowest BCUT2D eigenvalue weighted by molar-refractivity contribution is 0.962. The third-order valence-corrected chi connectivity index (χ3v) is 0.450. The minimum atomic E-state index is 0.812. The van der Waals surface area contributed by atoms with E-state index < -0.39 is 0 Å². The quantitative estimate of drug-likeness (QED) is 0.158. The van der Waals surface area contributed by atoms with Crippen LogP contribution in [0, 0.1) is 0 Å². The van der Waals surface area contributed by atoms with E-state index in [1.54, 1.807) is 7.85 Å². The van der Waals surface area contributed by atoms with E-state index in [-0.39, 0.29) is 0 Å². The van der Waals surface area contributed by atoms with Gasteiger partial charge in [0.2, 0.25) is 0 Å². The fourth-order valence-corrected chi connectivity index (χ4v) is 0.184. The van der Waals surface area contributed by atoms with Gasteiger partial charge in [0.15, 0.2) is 7.85 Å². The molecule has 0 aliphatic rings. The molecule has 2 N–H and O–H groups in total. The number of nitrogens with two attached hydrogens (primary N) is 1. The van der Waals surface area contributed by atoms with E-state index in [0.29, 0.717) is 0 Å². The summed E-state index contributed by atoms with van der Waals surface area (Å²) in [6, 6.07) is 0. The van der Waals surface area contributed by atoms with Crippen LogP contribution in [0.15, 0.2) is 15.5 Å². The molecule has 0 amide bonds. The van der Waals surface area contributed by atoms with Gasteiger partial charge in [-0.2, -0.15) is 0 Å². The maximum absolute atomic E-state index is 4.62. The SMILES string of the molecule is B/C(I)=N/N=N\N. The molecule has 0 aromatic rings. The maximum Gasteiger partial charge on any atom is 0.174 e. The van der Waals surface area contributed by atoms with Gasteiger partial charge in [0.25, 0.3) is 0 Å². The summed E-state index contributed by atoms with van der Waals surface area (Å²) in [5.74, 6) is 4.62. The van der Waals surface area contributed by atoms with E-state index in [1.807, 2.05) is 22.6 Å². The largest absolute Gasteiger partial charge is 0.303 e. The predicted octanol–water partition coefficient (Wildman–Crippen LogP) is -0.349. The molecule has 0 heterocycles. The lowest BCUT2D eigenvalue weighted by Gasteiger charge is -1.73. The monoisotopic (exact) mass is 210 g/mol. The van der Waals surface area contributed by atoms with Crippen LogP contribution in [-0.2, 0) is 0 Å². The van der Waals surface area contributed by atoms with E-state index in [2.05, 4.69) is 21.4 Å². The highest BCUT2D eigenvalue weighted by molar-refractivity contribution is 14.1. The average Bonchev–Trinajstić information content (AvgIpc) is 1.61. The average molecular weight is 210 g/mol. The summed E-state index contributed by atoms with van der Waals surface area (Å²) in [5.41, 5.74) is 0. The van der Waals surface area contributed by atoms with Crippen molar-refractivity contribution in [3.63, 3.8) is 0 Å². The van der Waals surface area contributed by atoms with Crippen molar-refractivity contribution in [2.45, 2.75) is 0 Å². The molecule has 4 nitrogen and oxygen atoms in total. The second-order valence-corrected chi connectivity index (χ2v) is 2.36. The van der Waals surface area contributed by atoms with Crippen molar-refractivity contribution in [3.8, 4) is 0 Å². The first-order valence-corrected chi connectivity index (χ1v) is 2.65. The van der Waals surface area contributed by atoms with E-state index in [4.69, 9.17) is 0 Å². The van der Waals surface area contributed by atoms with Crippen LogP contribution in [0.5, 0.6) is 0 Å². The Labute approximate surface area is 55.8 Å². The third kappa shape index (κ3) is 5.86. The second-order valence-electron chi connectivity index (χ2n) is 0.802. The van der Waals surface area contributed by atoms with Crippen LogP contribution >= 0.6 is 22.6 Å². The van der Waals surface area contributed by atoms with Crippen LogP contribution in [0.3, 0.4) is 0 Å². The molecule has 0 aromatic carbocycles. The Bertz CT molecular complexity index is 93.9. The number of nitrogens with zero attached hydrogens (tertiary/aromatic N) is 3. The molecule has 0 saturated heterocycles. The van der Waals surface area contributed by atoms with Gasteiger partial charge in [-0.05, 0) is 27.8 Å². The lowest BCUT2D eigenvalue weighted by Crippen LogP contribution is -1.79. The number of hydrogen-bond donors (Lipinski definition) is 1. The fraction of sp³-hybridized carbons (Fsp3) is 0. The van der Waals surface area contributed by atoms with E-state index in [0.717, 1.165) is 3.62 Å². The molecular formula is CH4BIN4. The summed E-state index contributed by atoms with van der Waals surface area (Å²) in [6.07, 6.45) is 0. The van der Waals surface area contributed by atoms with Crippen LogP contribution < -0.4 is 5.84 Å². The molecule has 0 fully saturated rings. The van der Waals surface area contributed by atoms with Crippen molar-refractivity contribution in [2.24, 2.45) is 21.4 Å². The summed E-state index contributed by atoms with van der Waals surface area (Å²) in [4.78, 5) is 0. The number of rotatable bonds is 1. The fourth-order valence-electron chi connectivity index (χ4n) is 0.0874. The van der Waals surface area contributed by atoms with E-state index >= 15 is 0 Å². The molecule has 0 spiro atoms. The van der Waals surface area contributed by atoms with Gasteiger partial charge in [-0.3, -0.25) is 0 Å². The Morgan fingerprint density at radius 2 is 2.29 bits per heavy atom. The second kappa shape index (κ2) is 4.04. The van der Waals surface area contributed by atoms with Gasteiger partial charge in [0, 0.05) is 0 Å². The lowest BCUT2D eigenvalue weighted by atomic mass is 10.2. The molecule has 0 unspecified atom stereocenters. The van der Waals surface area contributed by atoms with Crippen molar-refractivity contribution >= 4 is 34.1 Å². The summed E-state index contributed by atoms with van der Waals surface area (Å²) in [5, 5.41) is 9.54. The van der Waals surface area contributed by atoms with Gasteiger partial charge < -0.3 is 5.84 Å². The van der Waals surface area contributed by atoms with Crippen molar-refractivity contribution in [2.75, 3.05) is 0 Å². The first-order valence-electron chi connectivity index (χ1n) is 1.57. The normalized spacial score (nSPS) is 13.0. The highest BCUT2D eigenvalue weighted by atomic mass is 127. The molecule has 0 aliphatic carbocycles. The van der Waals surface area contributed by atoms with Gasteiger partial charge in [-0.15, -0.1) is 5.10 Å². The van der Waals surface area contributed by atoms with Crippen molar-refractivity contribution in [3.05, 3.63) is 0 Å².